The first-order valence-corrected chi connectivity index (χ1v) is 6.85. The first-order chi connectivity index (χ1) is 9.45. The minimum atomic E-state index is -0.660. The van der Waals surface area contributed by atoms with Crippen LogP contribution in [-0.2, 0) is 0 Å². The Kier molecular flexibility index (Phi) is 4.15. The van der Waals surface area contributed by atoms with Gasteiger partial charge < -0.3 is 9.84 Å². The summed E-state index contributed by atoms with van der Waals surface area (Å²) in [6.07, 6.45) is -0.660. The standard InChI is InChI=1S/C18H22O2/c1-11-9-14(4)17(15(10-11)20-5)18(19)16-12(2)7-6-8-13(16)3/h6-10,18-19H,1-5H3. The third-order valence-corrected chi connectivity index (χ3v) is 3.80. The molecular formula is C18H22O2. The van der Waals surface area contributed by atoms with Gasteiger partial charge in [-0.3, -0.25) is 0 Å². The van der Waals surface area contributed by atoms with E-state index < -0.39 is 6.10 Å². The molecule has 0 bridgehead atoms. The minimum Gasteiger partial charge on any atom is -0.496 e. The summed E-state index contributed by atoms with van der Waals surface area (Å²) in [5.41, 5.74) is 6.21. The second-order valence-electron chi connectivity index (χ2n) is 5.41. The van der Waals surface area contributed by atoms with Crippen molar-refractivity contribution < 1.29 is 9.84 Å². The molecule has 2 heteroatoms. The monoisotopic (exact) mass is 270 g/mol. The van der Waals surface area contributed by atoms with E-state index in [1.54, 1.807) is 7.11 Å². The molecule has 2 aromatic carbocycles. The summed E-state index contributed by atoms with van der Waals surface area (Å²) in [6, 6.07) is 10.1. The molecule has 0 aromatic heterocycles. The first-order valence-electron chi connectivity index (χ1n) is 6.85. The summed E-state index contributed by atoms with van der Waals surface area (Å²) >= 11 is 0. The number of aliphatic hydroxyl groups excluding tert-OH is 1. The van der Waals surface area contributed by atoms with Crippen molar-refractivity contribution in [1.82, 2.24) is 0 Å². The Morgan fingerprint density at radius 3 is 2.05 bits per heavy atom. The van der Waals surface area contributed by atoms with Crippen LogP contribution in [0.25, 0.3) is 0 Å². The molecule has 0 amide bonds. The van der Waals surface area contributed by atoms with Crippen LogP contribution in [0, 0.1) is 27.7 Å². The van der Waals surface area contributed by atoms with E-state index in [2.05, 4.69) is 6.07 Å². The summed E-state index contributed by atoms with van der Waals surface area (Å²) < 4.78 is 5.47. The number of aliphatic hydroxyl groups is 1. The zero-order valence-electron chi connectivity index (χ0n) is 12.8. The van der Waals surface area contributed by atoms with Crippen LogP contribution in [0.1, 0.15) is 39.5 Å². The topological polar surface area (TPSA) is 29.5 Å². The Labute approximate surface area is 121 Å². The number of rotatable bonds is 3. The van der Waals surface area contributed by atoms with Gasteiger partial charge in [-0.2, -0.15) is 0 Å². The molecule has 2 rings (SSSR count). The van der Waals surface area contributed by atoms with Gasteiger partial charge >= 0.3 is 0 Å². The van der Waals surface area contributed by atoms with Crippen LogP contribution in [0.3, 0.4) is 0 Å². The van der Waals surface area contributed by atoms with Crippen LogP contribution in [-0.4, -0.2) is 12.2 Å². The van der Waals surface area contributed by atoms with Crippen molar-refractivity contribution in [3.8, 4) is 5.75 Å². The average Bonchev–Trinajstić information content (AvgIpc) is 2.37. The largest absolute Gasteiger partial charge is 0.496 e. The molecule has 0 aliphatic heterocycles. The number of hydrogen-bond donors (Lipinski definition) is 1. The molecule has 0 aliphatic carbocycles. The molecule has 0 heterocycles. The van der Waals surface area contributed by atoms with Gasteiger partial charge in [0.15, 0.2) is 0 Å². The molecule has 0 aliphatic rings. The highest BCUT2D eigenvalue weighted by atomic mass is 16.5. The van der Waals surface area contributed by atoms with Crippen molar-refractivity contribution in [1.29, 1.82) is 0 Å². The van der Waals surface area contributed by atoms with Crippen LogP contribution >= 0.6 is 0 Å². The maximum Gasteiger partial charge on any atom is 0.125 e. The Balaban J connectivity index is 2.62. The third-order valence-electron chi connectivity index (χ3n) is 3.80. The summed E-state index contributed by atoms with van der Waals surface area (Å²) in [7, 11) is 1.65. The van der Waals surface area contributed by atoms with Crippen molar-refractivity contribution >= 4 is 0 Å². The normalized spacial score (nSPS) is 12.3. The van der Waals surface area contributed by atoms with Crippen molar-refractivity contribution in [3.05, 3.63) is 63.7 Å². The van der Waals surface area contributed by atoms with Gasteiger partial charge in [0.25, 0.3) is 0 Å². The zero-order chi connectivity index (χ0) is 14.9. The highest BCUT2D eigenvalue weighted by molar-refractivity contribution is 5.50. The van der Waals surface area contributed by atoms with Crippen LogP contribution in [0.2, 0.25) is 0 Å². The van der Waals surface area contributed by atoms with Crippen LogP contribution in [0.5, 0.6) is 5.75 Å². The predicted molar refractivity (Wildman–Crippen MR) is 82.4 cm³/mol. The van der Waals surface area contributed by atoms with Gasteiger partial charge in [-0.25, -0.2) is 0 Å². The number of methoxy groups -OCH3 is 1. The van der Waals surface area contributed by atoms with E-state index in [9.17, 15) is 5.11 Å². The van der Waals surface area contributed by atoms with Crippen molar-refractivity contribution in [3.63, 3.8) is 0 Å². The molecule has 0 saturated heterocycles. The molecule has 0 saturated carbocycles. The van der Waals surface area contributed by atoms with Gasteiger partial charge in [-0.15, -0.1) is 0 Å². The molecule has 0 radical (unpaired) electrons. The van der Waals surface area contributed by atoms with Gasteiger partial charge in [0.2, 0.25) is 0 Å². The van der Waals surface area contributed by atoms with Gasteiger partial charge in [-0.1, -0.05) is 24.3 Å². The Morgan fingerprint density at radius 2 is 1.50 bits per heavy atom. The molecule has 1 unspecified atom stereocenters. The smallest absolute Gasteiger partial charge is 0.125 e. The van der Waals surface area contributed by atoms with E-state index in [0.717, 1.165) is 39.1 Å². The average molecular weight is 270 g/mol. The lowest BCUT2D eigenvalue weighted by molar-refractivity contribution is 0.212. The number of aryl methyl sites for hydroxylation is 4. The van der Waals surface area contributed by atoms with Gasteiger partial charge in [0.1, 0.15) is 11.9 Å². The summed E-state index contributed by atoms with van der Waals surface area (Å²) in [5.74, 6) is 0.748. The van der Waals surface area contributed by atoms with E-state index in [-0.39, 0.29) is 0 Å². The highest BCUT2D eigenvalue weighted by Gasteiger charge is 2.21. The van der Waals surface area contributed by atoms with E-state index in [1.807, 2.05) is 52.0 Å². The number of benzene rings is 2. The van der Waals surface area contributed by atoms with Gasteiger partial charge in [-0.05, 0) is 61.6 Å². The van der Waals surface area contributed by atoms with E-state index in [0.29, 0.717) is 0 Å². The Hall–Kier alpha value is -1.80. The van der Waals surface area contributed by atoms with Gasteiger partial charge in [0.05, 0.1) is 7.11 Å². The van der Waals surface area contributed by atoms with Crippen LogP contribution in [0.4, 0.5) is 0 Å². The lowest BCUT2D eigenvalue weighted by Crippen LogP contribution is -2.08. The van der Waals surface area contributed by atoms with Crippen molar-refractivity contribution in [2.75, 3.05) is 7.11 Å². The number of hydrogen-bond acceptors (Lipinski definition) is 2. The van der Waals surface area contributed by atoms with E-state index in [1.165, 1.54) is 0 Å². The molecule has 20 heavy (non-hydrogen) atoms. The zero-order valence-corrected chi connectivity index (χ0v) is 12.8. The second kappa shape index (κ2) is 5.68. The fourth-order valence-corrected chi connectivity index (χ4v) is 2.86. The molecular weight excluding hydrogens is 248 g/mol. The lowest BCUT2D eigenvalue weighted by atomic mass is 9.90. The Morgan fingerprint density at radius 1 is 0.900 bits per heavy atom. The predicted octanol–water partition coefficient (Wildman–Crippen LogP) is 4.01. The van der Waals surface area contributed by atoms with Crippen molar-refractivity contribution in [2.45, 2.75) is 33.8 Å². The van der Waals surface area contributed by atoms with E-state index in [4.69, 9.17) is 4.74 Å². The van der Waals surface area contributed by atoms with E-state index >= 15 is 0 Å². The quantitative estimate of drug-likeness (QED) is 0.913. The lowest BCUT2D eigenvalue weighted by Gasteiger charge is -2.21. The maximum atomic E-state index is 10.9. The second-order valence-corrected chi connectivity index (χ2v) is 5.41. The summed E-state index contributed by atoms with van der Waals surface area (Å²) in [6.45, 7) is 8.11. The molecule has 2 nitrogen and oxygen atoms in total. The maximum absolute atomic E-state index is 10.9. The minimum absolute atomic E-state index is 0.660. The highest BCUT2D eigenvalue weighted by Crippen LogP contribution is 2.36. The van der Waals surface area contributed by atoms with Gasteiger partial charge in [0, 0.05) is 5.56 Å². The fraction of sp³-hybridized carbons (Fsp3) is 0.333. The van der Waals surface area contributed by atoms with Crippen LogP contribution in [0.15, 0.2) is 30.3 Å². The summed E-state index contributed by atoms with van der Waals surface area (Å²) in [4.78, 5) is 0. The molecule has 1 N–H and O–H groups in total. The SMILES string of the molecule is COc1cc(C)cc(C)c1C(O)c1c(C)cccc1C. The summed E-state index contributed by atoms with van der Waals surface area (Å²) in [5, 5.41) is 10.9. The molecule has 1 atom stereocenters. The molecule has 2 aromatic rings. The van der Waals surface area contributed by atoms with Crippen molar-refractivity contribution in [2.24, 2.45) is 0 Å². The fourth-order valence-electron chi connectivity index (χ4n) is 2.86. The first kappa shape index (κ1) is 14.6. The molecule has 0 spiro atoms. The molecule has 0 fully saturated rings. The molecule has 106 valence electrons. The van der Waals surface area contributed by atoms with Crippen LogP contribution < -0.4 is 4.74 Å². The Bertz CT molecular complexity index is 609. The third kappa shape index (κ3) is 2.56. The number of ether oxygens (including phenoxy) is 1.